The van der Waals surface area contributed by atoms with Gasteiger partial charge in [-0.1, -0.05) is 5.21 Å². The summed E-state index contributed by atoms with van der Waals surface area (Å²) in [5.74, 6) is -1.43. The lowest BCUT2D eigenvalue weighted by molar-refractivity contribution is -0.125. The lowest BCUT2D eigenvalue weighted by Crippen LogP contribution is -2.44. The lowest BCUT2D eigenvalue weighted by Gasteiger charge is -2.23. The van der Waals surface area contributed by atoms with Gasteiger partial charge in [0.1, 0.15) is 6.04 Å². The number of carboxylic acids is 1. The number of nitrogens with zero attached hydrogens (tertiary/aromatic N) is 3. The predicted octanol–water partition coefficient (Wildman–Crippen LogP) is -0.0468. The Morgan fingerprint density at radius 3 is 2.50 bits per heavy atom. The van der Waals surface area contributed by atoms with Crippen LogP contribution >= 0.6 is 0 Å². The second-order valence-electron chi connectivity index (χ2n) is 5.59. The Hall–Kier alpha value is -1.96. The molecule has 0 aliphatic heterocycles. The zero-order valence-corrected chi connectivity index (χ0v) is 12.2. The van der Waals surface area contributed by atoms with E-state index in [0.29, 0.717) is 12.1 Å². The Kier molecular flexibility index (Phi) is 4.83. The van der Waals surface area contributed by atoms with Crippen LogP contribution in [-0.4, -0.2) is 44.1 Å². The second kappa shape index (κ2) is 6.00. The fourth-order valence-electron chi connectivity index (χ4n) is 1.75. The van der Waals surface area contributed by atoms with Crippen molar-refractivity contribution in [1.29, 1.82) is 0 Å². The average molecular weight is 283 g/mol. The van der Waals surface area contributed by atoms with Crippen LogP contribution in [0.25, 0.3) is 0 Å². The van der Waals surface area contributed by atoms with Crippen molar-refractivity contribution in [3.05, 3.63) is 11.4 Å². The van der Waals surface area contributed by atoms with Gasteiger partial charge in [-0.3, -0.25) is 4.79 Å². The van der Waals surface area contributed by atoms with Crippen molar-refractivity contribution in [3.8, 4) is 0 Å². The molecule has 112 valence electrons. The molecule has 1 aromatic rings. The number of rotatable bonds is 5. The van der Waals surface area contributed by atoms with E-state index in [4.69, 9.17) is 10.8 Å². The summed E-state index contributed by atoms with van der Waals surface area (Å²) in [5.41, 5.74) is 5.29. The highest BCUT2D eigenvalue weighted by atomic mass is 16.4. The minimum atomic E-state index is -1.18. The van der Waals surface area contributed by atoms with Gasteiger partial charge in [-0.25, -0.2) is 9.48 Å². The van der Waals surface area contributed by atoms with E-state index in [-0.39, 0.29) is 23.7 Å². The molecule has 8 nitrogen and oxygen atoms in total. The van der Waals surface area contributed by atoms with Crippen molar-refractivity contribution in [2.75, 3.05) is 6.54 Å². The Balaban J connectivity index is 3.06. The van der Waals surface area contributed by atoms with Gasteiger partial charge in [0, 0.05) is 12.0 Å². The predicted molar refractivity (Wildman–Crippen MR) is 72.3 cm³/mol. The standard InChI is InChI=1S/C12H21N5O3/c1-7(10(18)14-12(2,3)4)17-8(5-6-13)9(11(19)20)15-16-17/h7H,5-6,13H2,1-4H3,(H,14,18)(H,19,20). The summed E-state index contributed by atoms with van der Waals surface area (Å²) in [5, 5.41) is 19.3. The maximum absolute atomic E-state index is 12.1. The first kappa shape index (κ1) is 16.1. The largest absolute Gasteiger partial charge is 0.476 e. The number of hydrogen-bond donors (Lipinski definition) is 3. The molecular formula is C12H21N5O3. The first-order chi connectivity index (χ1) is 9.17. The van der Waals surface area contributed by atoms with E-state index < -0.39 is 12.0 Å². The van der Waals surface area contributed by atoms with Crippen LogP contribution in [0.15, 0.2) is 0 Å². The number of aromatic carboxylic acids is 1. The molecule has 0 aliphatic carbocycles. The molecule has 1 rings (SSSR count). The summed E-state index contributed by atoms with van der Waals surface area (Å²) in [6, 6.07) is -0.656. The minimum Gasteiger partial charge on any atom is -0.476 e. The molecule has 0 saturated carbocycles. The van der Waals surface area contributed by atoms with Gasteiger partial charge in [-0.05, 0) is 34.2 Å². The van der Waals surface area contributed by atoms with Crippen molar-refractivity contribution < 1.29 is 14.7 Å². The molecule has 1 atom stereocenters. The third kappa shape index (κ3) is 3.77. The van der Waals surface area contributed by atoms with Crippen LogP contribution in [0, 0.1) is 0 Å². The molecule has 0 fully saturated rings. The smallest absolute Gasteiger partial charge is 0.358 e. The van der Waals surface area contributed by atoms with Crippen LogP contribution in [0.3, 0.4) is 0 Å². The number of carbonyl (C=O) groups excluding carboxylic acids is 1. The normalized spacial score (nSPS) is 13.1. The zero-order chi connectivity index (χ0) is 15.5. The fraction of sp³-hybridized carbons (Fsp3) is 0.667. The number of carboxylic acid groups (broad SMARTS) is 1. The van der Waals surface area contributed by atoms with Gasteiger partial charge in [0.05, 0.1) is 5.69 Å². The molecule has 4 N–H and O–H groups in total. The molecule has 0 radical (unpaired) electrons. The van der Waals surface area contributed by atoms with Crippen molar-refractivity contribution in [2.24, 2.45) is 5.73 Å². The molecule has 20 heavy (non-hydrogen) atoms. The summed E-state index contributed by atoms with van der Waals surface area (Å²) in [6.07, 6.45) is 0.293. The van der Waals surface area contributed by atoms with Crippen LogP contribution in [-0.2, 0) is 11.2 Å². The first-order valence-corrected chi connectivity index (χ1v) is 6.37. The molecule has 0 saturated heterocycles. The van der Waals surface area contributed by atoms with E-state index in [9.17, 15) is 9.59 Å². The molecule has 0 bridgehead atoms. The van der Waals surface area contributed by atoms with Crippen molar-refractivity contribution >= 4 is 11.9 Å². The Bertz CT molecular complexity index is 504. The van der Waals surface area contributed by atoms with Crippen LogP contribution in [0.1, 0.15) is 49.9 Å². The molecule has 0 spiro atoms. The van der Waals surface area contributed by atoms with Gasteiger partial charge in [0.15, 0.2) is 5.69 Å². The van der Waals surface area contributed by atoms with E-state index in [1.54, 1.807) is 6.92 Å². The van der Waals surface area contributed by atoms with Gasteiger partial charge >= 0.3 is 5.97 Å². The highest BCUT2D eigenvalue weighted by molar-refractivity contribution is 5.87. The van der Waals surface area contributed by atoms with Crippen LogP contribution < -0.4 is 11.1 Å². The second-order valence-corrected chi connectivity index (χ2v) is 5.59. The quantitative estimate of drug-likeness (QED) is 0.696. The first-order valence-electron chi connectivity index (χ1n) is 6.37. The average Bonchev–Trinajstić information content (AvgIpc) is 2.70. The van der Waals surface area contributed by atoms with E-state index in [1.165, 1.54) is 4.68 Å². The van der Waals surface area contributed by atoms with Gasteiger partial charge in [0.25, 0.3) is 0 Å². The Morgan fingerprint density at radius 2 is 2.05 bits per heavy atom. The molecule has 1 heterocycles. The van der Waals surface area contributed by atoms with E-state index in [0.717, 1.165) is 0 Å². The van der Waals surface area contributed by atoms with Crippen molar-refractivity contribution in [2.45, 2.75) is 45.7 Å². The van der Waals surface area contributed by atoms with E-state index in [1.807, 2.05) is 20.8 Å². The van der Waals surface area contributed by atoms with Gasteiger partial charge in [0.2, 0.25) is 5.91 Å². The SMILES string of the molecule is CC(C(=O)NC(C)(C)C)n1nnc(C(=O)O)c1CCN. The highest BCUT2D eigenvalue weighted by Gasteiger charge is 2.26. The molecule has 1 amide bonds. The summed E-state index contributed by atoms with van der Waals surface area (Å²) in [4.78, 5) is 23.2. The fourth-order valence-corrected chi connectivity index (χ4v) is 1.75. The maximum atomic E-state index is 12.1. The van der Waals surface area contributed by atoms with Crippen molar-refractivity contribution in [3.63, 3.8) is 0 Å². The van der Waals surface area contributed by atoms with Gasteiger partial charge in [-0.15, -0.1) is 5.10 Å². The zero-order valence-electron chi connectivity index (χ0n) is 12.2. The van der Waals surface area contributed by atoms with Crippen LogP contribution in [0.5, 0.6) is 0 Å². The topological polar surface area (TPSA) is 123 Å². The Morgan fingerprint density at radius 1 is 1.45 bits per heavy atom. The monoisotopic (exact) mass is 283 g/mol. The third-order valence-corrected chi connectivity index (χ3v) is 2.62. The van der Waals surface area contributed by atoms with Crippen LogP contribution in [0.4, 0.5) is 0 Å². The molecule has 1 aromatic heterocycles. The minimum absolute atomic E-state index is 0.161. The summed E-state index contributed by atoms with van der Waals surface area (Å²) >= 11 is 0. The van der Waals surface area contributed by atoms with E-state index >= 15 is 0 Å². The number of carbonyl (C=O) groups is 2. The molecule has 1 unspecified atom stereocenters. The number of hydrogen-bond acceptors (Lipinski definition) is 5. The highest BCUT2D eigenvalue weighted by Crippen LogP contribution is 2.14. The molecule has 8 heteroatoms. The molecular weight excluding hydrogens is 262 g/mol. The summed E-state index contributed by atoms with van der Waals surface area (Å²) < 4.78 is 1.32. The lowest BCUT2D eigenvalue weighted by atomic mass is 10.1. The van der Waals surface area contributed by atoms with Gasteiger partial charge in [-0.2, -0.15) is 0 Å². The maximum Gasteiger partial charge on any atom is 0.358 e. The van der Waals surface area contributed by atoms with Gasteiger partial charge < -0.3 is 16.2 Å². The molecule has 0 aromatic carbocycles. The number of nitrogens with two attached hydrogens (primary N) is 1. The number of amides is 1. The number of nitrogens with one attached hydrogen (secondary N) is 1. The third-order valence-electron chi connectivity index (χ3n) is 2.62. The molecule has 0 aliphatic rings. The Labute approximate surface area is 117 Å². The van der Waals surface area contributed by atoms with Crippen molar-refractivity contribution in [1.82, 2.24) is 20.3 Å². The summed E-state index contributed by atoms with van der Waals surface area (Å²) in [6.45, 7) is 7.48. The number of aromatic nitrogens is 3. The van der Waals surface area contributed by atoms with Crippen LogP contribution in [0.2, 0.25) is 0 Å². The van der Waals surface area contributed by atoms with E-state index in [2.05, 4.69) is 15.6 Å². The summed E-state index contributed by atoms with van der Waals surface area (Å²) in [7, 11) is 0.